The fourth-order valence-electron chi connectivity index (χ4n) is 1.82. The molecule has 0 bridgehead atoms. The third-order valence-corrected chi connectivity index (χ3v) is 3.62. The first-order valence-corrected chi connectivity index (χ1v) is 6.62. The zero-order valence-electron chi connectivity index (χ0n) is 10.5. The molecular formula is C13H17N3OS. The first-order chi connectivity index (χ1) is 8.72. The second-order valence-electron chi connectivity index (χ2n) is 4.05. The maximum absolute atomic E-state index is 5.62. The first kappa shape index (κ1) is 13.0. The summed E-state index contributed by atoms with van der Waals surface area (Å²) in [5.74, 6) is 6.47. The summed E-state index contributed by atoms with van der Waals surface area (Å²) in [6.45, 7) is 2.01. The third-order valence-electron chi connectivity index (χ3n) is 2.80. The van der Waals surface area contributed by atoms with Crippen molar-refractivity contribution in [3.8, 4) is 5.75 Å². The molecule has 0 aliphatic heterocycles. The van der Waals surface area contributed by atoms with E-state index in [0.29, 0.717) is 0 Å². The Kier molecular flexibility index (Phi) is 4.30. The summed E-state index contributed by atoms with van der Waals surface area (Å²) in [6, 6.07) is 7.97. The molecule has 1 aromatic heterocycles. The van der Waals surface area contributed by atoms with Gasteiger partial charge in [0.25, 0.3) is 0 Å². The van der Waals surface area contributed by atoms with Gasteiger partial charge in [-0.05, 0) is 24.6 Å². The normalized spacial score (nSPS) is 12.4. The maximum atomic E-state index is 5.62. The van der Waals surface area contributed by atoms with E-state index in [-0.39, 0.29) is 6.04 Å². The number of nitrogens with two attached hydrogens (primary N) is 1. The van der Waals surface area contributed by atoms with Crippen LogP contribution >= 0.6 is 11.3 Å². The molecule has 1 atom stereocenters. The number of hydrogen-bond acceptors (Lipinski definition) is 5. The molecule has 96 valence electrons. The number of thiazole rings is 1. The van der Waals surface area contributed by atoms with Gasteiger partial charge < -0.3 is 4.74 Å². The van der Waals surface area contributed by atoms with E-state index in [2.05, 4.69) is 15.8 Å². The molecule has 0 spiro atoms. The van der Waals surface area contributed by atoms with Crippen LogP contribution in [0, 0.1) is 6.92 Å². The predicted octanol–water partition coefficient (Wildman–Crippen LogP) is 2.21. The van der Waals surface area contributed by atoms with Gasteiger partial charge in [-0.15, -0.1) is 11.3 Å². The van der Waals surface area contributed by atoms with Gasteiger partial charge in [0.15, 0.2) is 0 Å². The first-order valence-electron chi connectivity index (χ1n) is 5.74. The Hall–Kier alpha value is -1.43. The van der Waals surface area contributed by atoms with E-state index in [9.17, 15) is 0 Å². The molecule has 0 aliphatic carbocycles. The lowest BCUT2D eigenvalue weighted by molar-refractivity contribution is 0.414. The van der Waals surface area contributed by atoms with Crippen LogP contribution < -0.4 is 16.0 Å². The Morgan fingerprint density at radius 1 is 1.39 bits per heavy atom. The van der Waals surface area contributed by atoms with Gasteiger partial charge in [0.2, 0.25) is 0 Å². The van der Waals surface area contributed by atoms with Crippen LogP contribution in [-0.4, -0.2) is 12.1 Å². The van der Waals surface area contributed by atoms with Crippen LogP contribution in [0.5, 0.6) is 5.75 Å². The van der Waals surface area contributed by atoms with Crippen LogP contribution in [0.3, 0.4) is 0 Å². The standard InChI is InChI=1S/C13H17N3OS/c1-9-15-11(8-18-9)7-13(16-14)10-3-5-12(17-2)6-4-10/h3-6,8,13,16H,7,14H2,1-2H3. The van der Waals surface area contributed by atoms with Crippen molar-refractivity contribution < 1.29 is 4.74 Å². The number of aryl methyl sites for hydroxylation is 1. The largest absolute Gasteiger partial charge is 0.497 e. The highest BCUT2D eigenvalue weighted by atomic mass is 32.1. The van der Waals surface area contributed by atoms with Gasteiger partial charge >= 0.3 is 0 Å². The lowest BCUT2D eigenvalue weighted by atomic mass is 10.0. The zero-order chi connectivity index (χ0) is 13.0. The Morgan fingerprint density at radius 3 is 2.61 bits per heavy atom. The molecule has 0 saturated carbocycles. The van der Waals surface area contributed by atoms with Crippen molar-refractivity contribution in [1.82, 2.24) is 10.4 Å². The highest BCUT2D eigenvalue weighted by molar-refractivity contribution is 7.09. The van der Waals surface area contributed by atoms with Crippen molar-refractivity contribution in [3.05, 3.63) is 45.9 Å². The molecule has 18 heavy (non-hydrogen) atoms. The minimum Gasteiger partial charge on any atom is -0.497 e. The Morgan fingerprint density at radius 2 is 2.11 bits per heavy atom. The Bertz CT molecular complexity index is 495. The fraction of sp³-hybridized carbons (Fsp3) is 0.308. The van der Waals surface area contributed by atoms with Crippen LogP contribution in [0.15, 0.2) is 29.6 Å². The number of methoxy groups -OCH3 is 1. The van der Waals surface area contributed by atoms with Crippen LogP contribution in [0.2, 0.25) is 0 Å². The van der Waals surface area contributed by atoms with Gasteiger partial charge in [-0.3, -0.25) is 11.3 Å². The summed E-state index contributed by atoms with van der Waals surface area (Å²) in [7, 11) is 1.66. The SMILES string of the molecule is COc1ccc(C(Cc2csc(C)n2)NN)cc1. The van der Waals surface area contributed by atoms with Crippen molar-refractivity contribution >= 4 is 11.3 Å². The van der Waals surface area contributed by atoms with Crippen LogP contribution in [0.4, 0.5) is 0 Å². The molecule has 4 nitrogen and oxygen atoms in total. The monoisotopic (exact) mass is 263 g/mol. The fourth-order valence-corrected chi connectivity index (χ4v) is 2.45. The molecular weight excluding hydrogens is 246 g/mol. The highest BCUT2D eigenvalue weighted by Gasteiger charge is 2.12. The molecule has 0 amide bonds. The Balaban J connectivity index is 2.12. The van der Waals surface area contributed by atoms with E-state index in [0.717, 1.165) is 28.4 Å². The maximum Gasteiger partial charge on any atom is 0.118 e. The summed E-state index contributed by atoms with van der Waals surface area (Å²) in [6.07, 6.45) is 0.785. The summed E-state index contributed by atoms with van der Waals surface area (Å²) in [4.78, 5) is 4.46. The molecule has 1 aromatic carbocycles. The molecule has 0 radical (unpaired) electrons. The average molecular weight is 263 g/mol. The lowest BCUT2D eigenvalue weighted by Gasteiger charge is -2.15. The van der Waals surface area contributed by atoms with Crippen molar-refractivity contribution in [2.45, 2.75) is 19.4 Å². The summed E-state index contributed by atoms with van der Waals surface area (Å²) in [5, 5.41) is 3.15. The molecule has 2 aromatic rings. The highest BCUT2D eigenvalue weighted by Crippen LogP contribution is 2.21. The zero-order valence-corrected chi connectivity index (χ0v) is 11.3. The van der Waals surface area contributed by atoms with Crippen molar-refractivity contribution in [2.75, 3.05) is 7.11 Å². The van der Waals surface area contributed by atoms with Crippen LogP contribution in [0.1, 0.15) is 22.3 Å². The minimum atomic E-state index is 0.0670. The van der Waals surface area contributed by atoms with Gasteiger partial charge in [0.1, 0.15) is 5.75 Å². The molecule has 1 heterocycles. The predicted molar refractivity (Wildman–Crippen MR) is 73.6 cm³/mol. The molecule has 5 heteroatoms. The van der Waals surface area contributed by atoms with Gasteiger partial charge in [-0.1, -0.05) is 12.1 Å². The summed E-state index contributed by atoms with van der Waals surface area (Å²) < 4.78 is 5.14. The second kappa shape index (κ2) is 5.95. The molecule has 2 rings (SSSR count). The van der Waals surface area contributed by atoms with E-state index in [1.807, 2.05) is 31.2 Å². The van der Waals surface area contributed by atoms with Gasteiger partial charge in [0.05, 0.1) is 23.9 Å². The average Bonchev–Trinajstić information content (AvgIpc) is 2.82. The molecule has 0 aliphatic rings. The number of benzene rings is 1. The van der Waals surface area contributed by atoms with Crippen molar-refractivity contribution in [3.63, 3.8) is 0 Å². The van der Waals surface area contributed by atoms with E-state index in [1.54, 1.807) is 18.4 Å². The number of ether oxygens (including phenoxy) is 1. The quantitative estimate of drug-likeness (QED) is 0.641. The van der Waals surface area contributed by atoms with E-state index >= 15 is 0 Å². The molecule has 3 N–H and O–H groups in total. The number of rotatable bonds is 5. The third kappa shape index (κ3) is 3.07. The van der Waals surface area contributed by atoms with Gasteiger partial charge in [-0.25, -0.2) is 4.98 Å². The van der Waals surface area contributed by atoms with Crippen molar-refractivity contribution in [2.24, 2.45) is 5.84 Å². The van der Waals surface area contributed by atoms with Crippen LogP contribution in [-0.2, 0) is 6.42 Å². The van der Waals surface area contributed by atoms with E-state index in [1.165, 1.54) is 0 Å². The number of nitrogens with one attached hydrogen (secondary N) is 1. The van der Waals surface area contributed by atoms with E-state index in [4.69, 9.17) is 10.6 Å². The summed E-state index contributed by atoms with van der Waals surface area (Å²) in [5.41, 5.74) is 5.03. The van der Waals surface area contributed by atoms with Gasteiger partial charge in [-0.2, -0.15) is 0 Å². The topological polar surface area (TPSA) is 60.2 Å². The van der Waals surface area contributed by atoms with Crippen molar-refractivity contribution in [1.29, 1.82) is 0 Å². The number of hydrogen-bond donors (Lipinski definition) is 2. The van der Waals surface area contributed by atoms with Crippen LogP contribution in [0.25, 0.3) is 0 Å². The molecule has 0 fully saturated rings. The smallest absolute Gasteiger partial charge is 0.118 e. The number of nitrogens with zero attached hydrogens (tertiary/aromatic N) is 1. The Labute approximate surface area is 111 Å². The number of aromatic nitrogens is 1. The summed E-state index contributed by atoms with van der Waals surface area (Å²) >= 11 is 1.66. The molecule has 1 unspecified atom stereocenters. The van der Waals surface area contributed by atoms with E-state index < -0.39 is 0 Å². The van der Waals surface area contributed by atoms with Gasteiger partial charge in [0, 0.05) is 11.8 Å². The number of hydrazine groups is 1. The molecule has 0 saturated heterocycles. The minimum absolute atomic E-state index is 0.0670. The lowest BCUT2D eigenvalue weighted by Crippen LogP contribution is -2.29. The second-order valence-corrected chi connectivity index (χ2v) is 5.12.